The molecule has 1 aromatic heterocycles. The van der Waals surface area contributed by atoms with E-state index < -0.39 is 6.04 Å². The number of hydrogen-bond acceptors (Lipinski definition) is 5. The van der Waals surface area contributed by atoms with Crippen molar-refractivity contribution in [2.45, 2.75) is 26.3 Å². The highest BCUT2D eigenvalue weighted by molar-refractivity contribution is 7.99. The minimum Gasteiger partial charge on any atom is -0.464 e. The second kappa shape index (κ2) is 8.25. The van der Waals surface area contributed by atoms with Crippen LogP contribution in [0.4, 0.5) is 5.69 Å². The Morgan fingerprint density at radius 1 is 1.23 bits per heavy atom. The molecule has 1 N–H and O–H groups in total. The summed E-state index contributed by atoms with van der Waals surface area (Å²) in [4.78, 5) is 27.4. The summed E-state index contributed by atoms with van der Waals surface area (Å²) in [7, 11) is 0. The first-order chi connectivity index (χ1) is 14.5. The lowest BCUT2D eigenvalue weighted by Crippen LogP contribution is -2.45. The normalized spacial score (nSPS) is 15.9. The van der Waals surface area contributed by atoms with Crippen LogP contribution in [0.15, 0.2) is 47.1 Å². The Balaban J connectivity index is 1.47. The zero-order valence-electron chi connectivity index (χ0n) is 16.8. The summed E-state index contributed by atoms with van der Waals surface area (Å²) in [5.74, 6) is 0.721. The SMILES string of the molecule is Cc1cc2occ(CC(=O)N3CSCC3C(=O)Nc3ccc(C#N)cc3)c2cc1C. The molecule has 1 saturated heterocycles. The second-order valence-electron chi connectivity index (χ2n) is 7.43. The average molecular weight is 420 g/mol. The Morgan fingerprint density at radius 3 is 2.70 bits per heavy atom. The summed E-state index contributed by atoms with van der Waals surface area (Å²) in [5, 5.41) is 12.7. The van der Waals surface area contributed by atoms with Gasteiger partial charge in [-0.15, -0.1) is 11.8 Å². The van der Waals surface area contributed by atoms with E-state index in [1.165, 1.54) is 0 Å². The molecule has 0 aliphatic carbocycles. The van der Waals surface area contributed by atoms with Gasteiger partial charge in [0.15, 0.2) is 0 Å². The molecular formula is C23H21N3O3S. The topological polar surface area (TPSA) is 86.3 Å². The minimum absolute atomic E-state index is 0.0964. The van der Waals surface area contributed by atoms with Crippen molar-refractivity contribution in [3.63, 3.8) is 0 Å². The van der Waals surface area contributed by atoms with Gasteiger partial charge in [-0.3, -0.25) is 9.59 Å². The number of anilines is 1. The van der Waals surface area contributed by atoms with Crippen molar-refractivity contribution in [3.8, 4) is 6.07 Å². The quantitative estimate of drug-likeness (QED) is 0.691. The van der Waals surface area contributed by atoms with Crippen molar-refractivity contribution in [3.05, 3.63) is 64.9 Å². The number of fused-ring (bicyclic) bond motifs is 1. The molecule has 2 amide bonds. The molecule has 152 valence electrons. The van der Waals surface area contributed by atoms with Crippen LogP contribution in [0.25, 0.3) is 11.0 Å². The summed E-state index contributed by atoms with van der Waals surface area (Å²) in [6, 6.07) is 12.2. The maximum absolute atomic E-state index is 13.0. The Hall–Kier alpha value is -3.24. The Morgan fingerprint density at radius 2 is 1.97 bits per heavy atom. The zero-order valence-corrected chi connectivity index (χ0v) is 17.6. The molecule has 2 aromatic carbocycles. The highest BCUT2D eigenvalue weighted by atomic mass is 32.2. The third-order valence-corrected chi connectivity index (χ3v) is 6.41. The van der Waals surface area contributed by atoms with E-state index in [0.717, 1.165) is 27.7 Å². The van der Waals surface area contributed by atoms with Crippen LogP contribution in [-0.4, -0.2) is 34.4 Å². The fourth-order valence-electron chi connectivity index (χ4n) is 3.50. The van der Waals surface area contributed by atoms with Crippen LogP contribution in [0.5, 0.6) is 0 Å². The lowest BCUT2D eigenvalue weighted by molar-refractivity contribution is -0.135. The molecule has 1 aliphatic heterocycles. The Kier molecular flexibility index (Phi) is 5.51. The molecule has 2 heterocycles. The van der Waals surface area contributed by atoms with Gasteiger partial charge in [-0.05, 0) is 61.4 Å². The molecule has 0 saturated carbocycles. The molecular weight excluding hydrogens is 398 g/mol. The Labute approximate surface area is 178 Å². The van der Waals surface area contributed by atoms with Gasteiger partial charge >= 0.3 is 0 Å². The van der Waals surface area contributed by atoms with Crippen LogP contribution in [0, 0.1) is 25.2 Å². The molecule has 1 unspecified atom stereocenters. The predicted octanol–water partition coefficient (Wildman–Crippen LogP) is 4.00. The van der Waals surface area contributed by atoms with Crippen molar-refractivity contribution < 1.29 is 14.0 Å². The maximum atomic E-state index is 13.0. The van der Waals surface area contributed by atoms with Crippen LogP contribution >= 0.6 is 11.8 Å². The summed E-state index contributed by atoms with van der Waals surface area (Å²) in [6.07, 6.45) is 1.83. The van der Waals surface area contributed by atoms with Gasteiger partial charge in [0.25, 0.3) is 0 Å². The fraction of sp³-hybridized carbons (Fsp3) is 0.261. The first-order valence-electron chi connectivity index (χ1n) is 9.62. The monoisotopic (exact) mass is 419 g/mol. The lowest BCUT2D eigenvalue weighted by Gasteiger charge is -2.23. The molecule has 7 heteroatoms. The molecule has 6 nitrogen and oxygen atoms in total. The highest BCUT2D eigenvalue weighted by Gasteiger charge is 2.34. The molecule has 0 spiro atoms. The van der Waals surface area contributed by atoms with E-state index in [1.54, 1.807) is 47.2 Å². The number of rotatable bonds is 4. The molecule has 1 aliphatic rings. The average Bonchev–Trinajstić information content (AvgIpc) is 3.37. The van der Waals surface area contributed by atoms with Gasteiger partial charge in [0.05, 0.1) is 30.2 Å². The number of nitrogens with zero attached hydrogens (tertiary/aromatic N) is 2. The van der Waals surface area contributed by atoms with E-state index in [0.29, 0.717) is 22.9 Å². The molecule has 0 radical (unpaired) electrons. The third-order valence-electron chi connectivity index (χ3n) is 5.40. The van der Waals surface area contributed by atoms with E-state index in [-0.39, 0.29) is 18.2 Å². The van der Waals surface area contributed by atoms with Crippen LogP contribution in [-0.2, 0) is 16.0 Å². The number of furan rings is 1. The number of benzene rings is 2. The maximum Gasteiger partial charge on any atom is 0.248 e. The number of nitriles is 1. The molecule has 30 heavy (non-hydrogen) atoms. The van der Waals surface area contributed by atoms with Gasteiger partial charge in [-0.1, -0.05) is 0 Å². The van der Waals surface area contributed by atoms with Crippen molar-refractivity contribution in [2.75, 3.05) is 16.9 Å². The summed E-state index contributed by atoms with van der Waals surface area (Å²) < 4.78 is 5.64. The van der Waals surface area contributed by atoms with E-state index >= 15 is 0 Å². The van der Waals surface area contributed by atoms with Gasteiger partial charge in [-0.25, -0.2) is 0 Å². The second-order valence-corrected chi connectivity index (χ2v) is 8.43. The Bertz CT molecular complexity index is 1160. The number of hydrogen-bond donors (Lipinski definition) is 1. The number of nitrogens with one attached hydrogen (secondary N) is 1. The molecule has 1 atom stereocenters. The van der Waals surface area contributed by atoms with E-state index in [9.17, 15) is 9.59 Å². The van der Waals surface area contributed by atoms with E-state index in [4.69, 9.17) is 9.68 Å². The van der Waals surface area contributed by atoms with E-state index in [2.05, 4.69) is 5.32 Å². The number of carbonyl (C=O) groups excluding carboxylic acids is 2. The smallest absolute Gasteiger partial charge is 0.248 e. The van der Waals surface area contributed by atoms with Crippen molar-refractivity contribution in [1.29, 1.82) is 5.26 Å². The largest absolute Gasteiger partial charge is 0.464 e. The van der Waals surface area contributed by atoms with Crippen molar-refractivity contribution in [2.24, 2.45) is 0 Å². The van der Waals surface area contributed by atoms with Gasteiger partial charge in [0.1, 0.15) is 11.6 Å². The predicted molar refractivity (Wildman–Crippen MR) is 117 cm³/mol. The summed E-state index contributed by atoms with van der Waals surface area (Å²) in [5.41, 5.74) is 5.03. The summed E-state index contributed by atoms with van der Waals surface area (Å²) in [6.45, 7) is 4.06. The molecule has 3 aromatic rings. The first-order valence-corrected chi connectivity index (χ1v) is 10.8. The van der Waals surface area contributed by atoms with Crippen LogP contribution < -0.4 is 5.32 Å². The highest BCUT2D eigenvalue weighted by Crippen LogP contribution is 2.28. The minimum atomic E-state index is -0.528. The lowest BCUT2D eigenvalue weighted by atomic mass is 10.0. The first kappa shape index (κ1) is 20.0. The number of amides is 2. The van der Waals surface area contributed by atoms with Crippen LogP contribution in [0.3, 0.4) is 0 Å². The zero-order chi connectivity index (χ0) is 21.3. The van der Waals surface area contributed by atoms with E-state index in [1.807, 2.05) is 32.0 Å². The molecule has 4 rings (SSSR count). The summed E-state index contributed by atoms with van der Waals surface area (Å²) >= 11 is 1.56. The van der Waals surface area contributed by atoms with Crippen LogP contribution in [0.2, 0.25) is 0 Å². The van der Waals surface area contributed by atoms with Gasteiger partial charge in [0, 0.05) is 22.4 Å². The van der Waals surface area contributed by atoms with Gasteiger partial charge in [0.2, 0.25) is 11.8 Å². The third kappa shape index (κ3) is 3.91. The fourth-order valence-corrected chi connectivity index (χ4v) is 4.68. The number of thioether (sulfide) groups is 1. The van der Waals surface area contributed by atoms with Crippen molar-refractivity contribution in [1.82, 2.24) is 4.90 Å². The van der Waals surface area contributed by atoms with Gasteiger partial charge in [-0.2, -0.15) is 5.26 Å². The number of aryl methyl sites for hydroxylation is 2. The number of carbonyl (C=O) groups is 2. The molecule has 0 bridgehead atoms. The molecule has 1 fully saturated rings. The standard InChI is InChI=1S/C23H21N3O3S/c1-14-7-19-17(11-29-21(19)8-15(14)2)9-22(27)26-13-30-12-20(26)23(28)25-18-5-3-16(10-24)4-6-18/h3-8,11,20H,9,12-13H2,1-2H3,(H,25,28). The van der Waals surface area contributed by atoms with Crippen molar-refractivity contribution >= 4 is 40.2 Å². The van der Waals surface area contributed by atoms with Crippen LogP contribution in [0.1, 0.15) is 22.3 Å². The van der Waals surface area contributed by atoms with Gasteiger partial charge < -0.3 is 14.6 Å².